The van der Waals surface area contributed by atoms with Crippen molar-refractivity contribution in [1.29, 1.82) is 0 Å². The number of H-pyrrole nitrogens is 1. The number of aryl methyl sites for hydroxylation is 1. The number of aromatic hydroxyl groups is 1. The van der Waals surface area contributed by atoms with Gasteiger partial charge in [0.1, 0.15) is 5.75 Å². The molecule has 3 heterocycles. The van der Waals surface area contributed by atoms with E-state index >= 15 is 0 Å². The molecule has 0 saturated heterocycles. The molecule has 0 amide bonds. The lowest BCUT2D eigenvalue weighted by atomic mass is 9.81. The van der Waals surface area contributed by atoms with Crippen molar-refractivity contribution in [2.75, 3.05) is 7.05 Å². The molecule has 0 bridgehead atoms. The Labute approximate surface area is 211 Å². The number of aliphatic imine (C=N–C) groups is 1. The van der Waals surface area contributed by atoms with E-state index in [4.69, 9.17) is 16.6 Å². The van der Waals surface area contributed by atoms with E-state index in [1.165, 1.54) is 48.3 Å². The Morgan fingerprint density at radius 1 is 1.09 bits per heavy atom. The molecule has 6 rings (SSSR count). The van der Waals surface area contributed by atoms with Gasteiger partial charge in [-0.3, -0.25) is 9.98 Å². The predicted octanol–water partition coefficient (Wildman–Crippen LogP) is 6.44. The van der Waals surface area contributed by atoms with E-state index < -0.39 is 0 Å². The van der Waals surface area contributed by atoms with Crippen molar-refractivity contribution in [3.8, 4) is 5.75 Å². The minimum absolute atomic E-state index is 0.280. The van der Waals surface area contributed by atoms with E-state index in [2.05, 4.69) is 34.5 Å². The van der Waals surface area contributed by atoms with E-state index in [0.29, 0.717) is 17.9 Å². The highest BCUT2D eigenvalue weighted by molar-refractivity contribution is 6.35. The first-order valence-electron chi connectivity index (χ1n) is 13.0. The van der Waals surface area contributed by atoms with E-state index in [1.807, 2.05) is 18.3 Å². The fourth-order valence-electron chi connectivity index (χ4n) is 5.79. The van der Waals surface area contributed by atoms with Crippen molar-refractivity contribution >= 4 is 28.2 Å². The molecule has 182 valence electrons. The quantitative estimate of drug-likeness (QED) is 0.374. The molecule has 35 heavy (non-hydrogen) atoms. The second-order valence-corrected chi connectivity index (χ2v) is 10.8. The molecule has 2 saturated carbocycles. The Balaban J connectivity index is 1.28. The second-order valence-electron chi connectivity index (χ2n) is 10.4. The molecule has 0 radical (unpaired) electrons. The zero-order valence-corrected chi connectivity index (χ0v) is 21.0. The molecule has 0 atom stereocenters. The summed E-state index contributed by atoms with van der Waals surface area (Å²) in [5.41, 5.74) is 7.90. The topological polar surface area (TPSA) is 73.3 Å². The molecule has 2 aliphatic carbocycles. The van der Waals surface area contributed by atoms with Crippen LogP contribution in [0.4, 0.5) is 0 Å². The number of phenols is 1. The van der Waals surface area contributed by atoms with Crippen molar-refractivity contribution in [2.24, 2.45) is 10.9 Å². The van der Waals surface area contributed by atoms with E-state index in [9.17, 15) is 5.11 Å². The van der Waals surface area contributed by atoms with Crippen LogP contribution < -0.4 is 5.32 Å². The highest BCUT2D eigenvalue weighted by Gasteiger charge is 2.34. The molecular weight excluding hydrogens is 456 g/mol. The third-order valence-electron chi connectivity index (χ3n) is 8.04. The van der Waals surface area contributed by atoms with Crippen LogP contribution in [-0.4, -0.2) is 33.9 Å². The molecule has 2 aromatic heterocycles. The Morgan fingerprint density at radius 2 is 1.89 bits per heavy atom. The number of phenolic OH excluding ortho intramolecular Hbond substituents is 1. The monoisotopic (exact) mass is 488 g/mol. The fourth-order valence-corrected chi connectivity index (χ4v) is 6.20. The van der Waals surface area contributed by atoms with Crippen LogP contribution in [0.2, 0.25) is 5.02 Å². The Morgan fingerprint density at radius 3 is 2.66 bits per heavy atom. The maximum Gasteiger partial charge on any atom is 0.124 e. The molecule has 1 aromatic carbocycles. The molecule has 5 nitrogen and oxygen atoms in total. The number of aromatic nitrogens is 2. The van der Waals surface area contributed by atoms with Crippen molar-refractivity contribution in [2.45, 2.75) is 69.7 Å². The number of aromatic amines is 1. The fraction of sp³-hybridized carbons (Fsp3) is 0.448. The van der Waals surface area contributed by atoms with Crippen LogP contribution in [0.3, 0.4) is 0 Å². The first-order chi connectivity index (χ1) is 17.1. The molecule has 3 N–H and O–H groups in total. The van der Waals surface area contributed by atoms with Gasteiger partial charge in [0, 0.05) is 58.5 Å². The number of rotatable bonds is 6. The summed E-state index contributed by atoms with van der Waals surface area (Å²) in [6.07, 6.45) is 13.8. The number of fused-ring (bicyclic) bond motifs is 2. The first-order valence-corrected chi connectivity index (χ1v) is 13.4. The molecule has 1 aliphatic heterocycles. The average Bonchev–Trinajstić information content (AvgIpc) is 3.70. The van der Waals surface area contributed by atoms with Crippen molar-refractivity contribution < 1.29 is 5.11 Å². The zero-order chi connectivity index (χ0) is 23.9. The lowest BCUT2D eigenvalue weighted by Gasteiger charge is -2.29. The van der Waals surface area contributed by atoms with Gasteiger partial charge in [-0.15, -0.1) is 0 Å². The third-order valence-corrected chi connectivity index (χ3v) is 8.43. The molecule has 6 heteroatoms. The average molecular weight is 489 g/mol. The standard InChI is InChI=1S/C29H33ClN4O/c1-31-20-11-8-18(9-12-20)28-26-24(34-29(27(26)30)19-6-7-19)14-13-21(33-28)10-5-17-15-22-23(32-16-17)3-2-4-25(22)35/h2-4,13,15-16,18-20,31,34-35H,5-12,14H2,1H3. The van der Waals surface area contributed by atoms with Crippen LogP contribution in [-0.2, 0) is 12.8 Å². The number of hydrogen-bond acceptors (Lipinski definition) is 4. The van der Waals surface area contributed by atoms with Gasteiger partial charge >= 0.3 is 0 Å². The Bertz CT molecular complexity index is 1310. The summed E-state index contributed by atoms with van der Waals surface area (Å²) in [5, 5.41) is 15.4. The first kappa shape index (κ1) is 22.8. The lowest BCUT2D eigenvalue weighted by molar-refractivity contribution is 0.355. The lowest BCUT2D eigenvalue weighted by Crippen LogP contribution is -2.33. The third kappa shape index (κ3) is 4.52. The minimum atomic E-state index is 0.280. The van der Waals surface area contributed by atoms with Crippen LogP contribution >= 0.6 is 11.6 Å². The summed E-state index contributed by atoms with van der Waals surface area (Å²) < 4.78 is 0. The van der Waals surface area contributed by atoms with Crippen LogP contribution in [0.5, 0.6) is 5.75 Å². The van der Waals surface area contributed by atoms with E-state index in [0.717, 1.165) is 59.3 Å². The molecule has 3 aromatic rings. The van der Waals surface area contributed by atoms with Gasteiger partial charge in [0.05, 0.1) is 16.3 Å². The van der Waals surface area contributed by atoms with Gasteiger partial charge in [-0.2, -0.15) is 0 Å². The number of nitrogens with zero attached hydrogens (tertiary/aromatic N) is 2. The van der Waals surface area contributed by atoms with Gasteiger partial charge in [0.2, 0.25) is 0 Å². The van der Waals surface area contributed by atoms with Gasteiger partial charge in [0.15, 0.2) is 0 Å². The maximum atomic E-state index is 10.2. The largest absolute Gasteiger partial charge is 0.507 e. The summed E-state index contributed by atoms with van der Waals surface area (Å²) in [5.74, 6) is 1.32. The molecule has 0 unspecified atom stereocenters. The number of nitrogens with one attached hydrogen (secondary N) is 2. The number of hydrogen-bond donors (Lipinski definition) is 3. The molecule has 0 spiro atoms. The van der Waals surface area contributed by atoms with Crippen LogP contribution in [0.15, 0.2) is 47.2 Å². The van der Waals surface area contributed by atoms with Crippen molar-refractivity contribution in [3.63, 3.8) is 0 Å². The highest BCUT2D eigenvalue weighted by Crippen LogP contribution is 2.46. The molecule has 2 fully saturated rings. The summed E-state index contributed by atoms with van der Waals surface area (Å²) in [6.45, 7) is 0. The zero-order valence-electron chi connectivity index (χ0n) is 20.3. The smallest absolute Gasteiger partial charge is 0.124 e. The number of halogens is 1. The summed E-state index contributed by atoms with van der Waals surface area (Å²) >= 11 is 7.03. The van der Waals surface area contributed by atoms with Crippen LogP contribution in [0.25, 0.3) is 10.9 Å². The summed E-state index contributed by atoms with van der Waals surface area (Å²) in [6, 6.07) is 8.14. The van der Waals surface area contributed by atoms with Crippen molar-refractivity contribution in [1.82, 2.24) is 15.3 Å². The number of pyridine rings is 1. The van der Waals surface area contributed by atoms with Gasteiger partial charge < -0.3 is 15.4 Å². The predicted molar refractivity (Wildman–Crippen MR) is 143 cm³/mol. The maximum absolute atomic E-state index is 10.2. The van der Waals surface area contributed by atoms with Gasteiger partial charge in [-0.05, 0) is 82.2 Å². The minimum Gasteiger partial charge on any atom is -0.507 e. The van der Waals surface area contributed by atoms with Gasteiger partial charge in [0.25, 0.3) is 0 Å². The molecule has 3 aliphatic rings. The van der Waals surface area contributed by atoms with Crippen molar-refractivity contribution in [3.05, 3.63) is 69.8 Å². The summed E-state index contributed by atoms with van der Waals surface area (Å²) in [7, 11) is 2.07. The Hall–Kier alpha value is -2.63. The van der Waals surface area contributed by atoms with Gasteiger partial charge in [-0.25, -0.2) is 0 Å². The highest BCUT2D eigenvalue weighted by atomic mass is 35.5. The molecular formula is C29H33ClN4O. The normalized spacial score (nSPS) is 22.5. The SMILES string of the molecule is CNC1CCC(C2=NC(CCc3cnc4cccc(O)c4c3)=CCc3[nH]c(C4CC4)c(Cl)c32)CC1. The van der Waals surface area contributed by atoms with E-state index in [-0.39, 0.29) is 5.75 Å². The number of benzene rings is 1. The number of allylic oxidation sites excluding steroid dienone is 2. The Kier molecular flexibility index (Phi) is 6.15. The summed E-state index contributed by atoms with van der Waals surface area (Å²) in [4.78, 5) is 13.6. The second kappa shape index (κ2) is 9.44. The van der Waals surface area contributed by atoms with Gasteiger partial charge in [-0.1, -0.05) is 23.7 Å². The van der Waals surface area contributed by atoms with Crippen LogP contribution in [0, 0.1) is 5.92 Å². The van der Waals surface area contributed by atoms with Crippen LogP contribution in [0.1, 0.15) is 73.4 Å². The van der Waals surface area contributed by atoms with E-state index in [1.54, 1.807) is 6.07 Å².